The maximum Gasteiger partial charge on any atom is 0.194 e. The number of hydrogen-bond acceptors (Lipinski definition) is 5. The van der Waals surface area contributed by atoms with E-state index in [9.17, 15) is 4.79 Å². The van der Waals surface area contributed by atoms with Crippen LogP contribution in [0.1, 0.15) is 10.4 Å². The van der Waals surface area contributed by atoms with Crippen LogP contribution in [0, 0.1) is 0 Å². The van der Waals surface area contributed by atoms with Crippen LogP contribution in [0.25, 0.3) is 0 Å². The molecule has 0 heterocycles. The molecular formula is C13H16O3S2. The summed E-state index contributed by atoms with van der Waals surface area (Å²) in [6.07, 6.45) is 5.49. The number of thioether (sulfide) groups is 2. The molecule has 0 saturated heterocycles. The Morgan fingerprint density at radius 2 is 1.61 bits per heavy atom. The second-order valence-corrected chi connectivity index (χ2v) is 5.23. The third-order valence-electron chi connectivity index (χ3n) is 2.33. The van der Waals surface area contributed by atoms with Crippen molar-refractivity contribution in [2.75, 3.05) is 26.7 Å². The molecule has 98 valence electrons. The molecule has 5 heteroatoms. The molecule has 0 aliphatic carbocycles. The highest BCUT2D eigenvalue weighted by atomic mass is 32.2. The van der Waals surface area contributed by atoms with Crippen molar-refractivity contribution in [3.8, 4) is 11.5 Å². The Kier molecular flexibility index (Phi) is 6.15. The molecular weight excluding hydrogens is 268 g/mol. The molecule has 0 saturated carbocycles. The van der Waals surface area contributed by atoms with Crippen LogP contribution in [0.3, 0.4) is 0 Å². The standard InChI is InChI=1S/C13H16O3S2/c1-15-10-6-5-7-11(16-2)13(10)9(14)8-12(17-3)18-4/h5-8H,1-4H3. The van der Waals surface area contributed by atoms with E-state index in [4.69, 9.17) is 9.47 Å². The topological polar surface area (TPSA) is 35.5 Å². The highest BCUT2D eigenvalue weighted by molar-refractivity contribution is 8.21. The van der Waals surface area contributed by atoms with Crippen molar-refractivity contribution >= 4 is 29.3 Å². The van der Waals surface area contributed by atoms with Crippen LogP contribution in [-0.4, -0.2) is 32.5 Å². The van der Waals surface area contributed by atoms with E-state index in [0.29, 0.717) is 17.1 Å². The summed E-state index contributed by atoms with van der Waals surface area (Å²) in [6, 6.07) is 5.30. The van der Waals surface area contributed by atoms with Gasteiger partial charge in [0.2, 0.25) is 0 Å². The van der Waals surface area contributed by atoms with Gasteiger partial charge in [0.1, 0.15) is 17.1 Å². The number of hydrogen-bond donors (Lipinski definition) is 0. The lowest BCUT2D eigenvalue weighted by molar-refractivity contribution is 0.104. The molecule has 0 bridgehead atoms. The minimum absolute atomic E-state index is 0.108. The van der Waals surface area contributed by atoms with Crippen LogP contribution in [0.4, 0.5) is 0 Å². The van der Waals surface area contributed by atoms with Gasteiger partial charge >= 0.3 is 0 Å². The number of ether oxygens (including phenoxy) is 2. The summed E-state index contributed by atoms with van der Waals surface area (Å²) in [5.41, 5.74) is 0.461. The van der Waals surface area contributed by atoms with E-state index in [1.165, 1.54) is 0 Å². The van der Waals surface area contributed by atoms with Gasteiger partial charge in [-0.05, 0) is 24.6 Å². The smallest absolute Gasteiger partial charge is 0.194 e. The molecule has 1 rings (SSSR count). The molecule has 0 N–H and O–H groups in total. The van der Waals surface area contributed by atoms with Crippen LogP contribution in [0.5, 0.6) is 11.5 Å². The molecule has 1 aromatic carbocycles. The molecule has 0 spiro atoms. The van der Waals surface area contributed by atoms with Crippen molar-refractivity contribution in [2.45, 2.75) is 0 Å². The molecule has 0 aliphatic rings. The summed E-state index contributed by atoms with van der Waals surface area (Å²) < 4.78 is 11.4. The van der Waals surface area contributed by atoms with Gasteiger partial charge in [-0.2, -0.15) is 0 Å². The average molecular weight is 284 g/mol. The van der Waals surface area contributed by atoms with Crippen LogP contribution in [0.2, 0.25) is 0 Å². The molecule has 0 aromatic heterocycles. The van der Waals surface area contributed by atoms with Gasteiger partial charge in [-0.3, -0.25) is 4.79 Å². The second kappa shape index (κ2) is 7.38. The minimum atomic E-state index is -0.108. The molecule has 0 fully saturated rings. The number of carbonyl (C=O) groups is 1. The first kappa shape index (κ1) is 15.0. The third-order valence-corrected chi connectivity index (χ3v) is 4.37. The first-order chi connectivity index (χ1) is 8.67. The number of ketones is 1. The highest BCUT2D eigenvalue weighted by Crippen LogP contribution is 2.31. The van der Waals surface area contributed by atoms with Crippen molar-refractivity contribution in [3.05, 3.63) is 34.1 Å². The van der Waals surface area contributed by atoms with Crippen molar-refractivity contribution in [1.82, 2.24) is 0 Å². The van der Waals surface area contributed by atoms with Crippen LogP contribution < -0.4 is 9.47 Å². The fourth-order valence-electron chi connectivity index (χ4n) is 1.47. The Hall–Kier alpha value is -1.07. The Morgan fingerprint density at radius 1 is 1.11 bits per heavy atom. The zero-order chi connectivity index (χ0) is 13.5. The summed E-state index contributed by atoms with van der Waals surface area (Å²) in [7, 11) is 3.08. The van der Waals surface area contributed by atoms with E-state index in [1.54, 1.807) is 62.0 Å². The Balaban J connectivity index is 3.22. The van der Waals surface area contributed by atoms with Crippen molar-refractivity contribution < 1.29 is 14.3 Å². The van der Waals surface area contributed by atoms with E-state index in [-0.39, 0.29) is 5.78 Å². The zero-order valence-corrected chi connectivity index (χ0v) is 12.5. The third kappa shape index (κ3) is 3.46. The van der Waals surface area contributed by atoms with Gasteiger partial charge in [0.15, 0.2) is 5.78 Å². The molecule has 0 amide bonds. The van der Waals surface area contributed by atoms with E-state index >= 15 is 0 Å². The van der Waals surface area contributed by atoms with Gasteiger partial charge < -0.3 is 9.47 Å². The maximum absolute atomic E-state index is 12.3. The number of benzene rings is 1. The van der Waals surface area contributed by atoms with Crippen molar-refractivity contribution in [1.29, 1.82) is 0 Å². The summed E-state index contributed by atoms with van der Waals surface area (Å²) in [4.78, 5) is 12.3. The predicted octanol–water partition coefficient (Wildman–Crippen LogP) is 3.45. The monoisotopic (exact) mass is 284 g/mol. The first-order valence-electron chi connectivity index (χ1n) is 5.22. The summed E-state index contributed by atoms with van der Waals surface area (Å²) >= 11 is 3.08. The van der Waals surface area contributed by atoms with Gasteiger partial charge in [-0.25, -0.2) is 0 Å². The van der Waals surface area contributed by atoms with E-state index in [1.807, 2.05) is 12.5 Å². The van der Waals surface area contributed by atoms with Gasteiger partial charge in [-0.15, -0.1) is 23.5 Å². The van der Waals surface area contributed by atoms with Gasteiger partial charge in [0.25, 0.3) is 0 Å². The van der Waals surface area contributed by atoms with E-state index in [0.717, 1.165) is 4.24 Å². The summed E-state index contributed by atoms with van der Waals surface area (Å²) in [5.74, 6) is 0.942. The lowest BCUT2D eigenvalue weighted by atomic mass is 10.1. The number of methoxy groups -OCH3 is 2. The Bertz CT molecular complexity index is 427. The average Bonchev–Trinajstić information content (AvgIpc) is 2.43. The van der Waals surface area contributed by atoms with E-state index in [2.05, 4.69) is 0 Å². The number of allylic oxidation sites excluding steroid dienone is 1. The minimum Gasteiger partial charge on any atom is -0.496 e. The zero-order valence-electron chi connectivity index (χ0n) is 10.9. The van der Waals surface area contributed by atoms with Gasteiger partial charge in [0.05, 0.1) is 14.2 Å². The molecule has 1 aromatic rings. The van der Waals surface area contributed by atoms with E-state index < -0.39 is 0 Å². The fraction of sp³-hybridized carbons (Fsp3) is 0.308. The van der Waals surface area contributed by atoms with Crippen LogP contribution in [-0.2, 0) is 0 Å². The summed E-state index contributed by atoms with van der Waals surface area (Å²) in [5, 5.41) is 0. The lowest BCUT2D eigenvalue weighted by Crippen LogP contribution is -2.02. The van der Waals surface area contributed by atoms with Gasteiger partial charge in [0, 0.05) is 10.3 Å². The molecule has 0 aliphatic heterocycles. The largest absolute Gasteiger partial charge is 0.496 e. The van der Waals surface area contributed by atoms with Crippen molar-refractivity contribution in [2.24, 2.45) is 0 Å². The SMILES string of the molecule is COc1cccc(OC)c1C(=O)C=C(SC)SC. The second-order valence-electron chi connectivity index (χ2n) is 3.27. The van der Waals surface area contributed by atoms with Gasteiger partial charge in [-0.1, -0.05) is 6.07 Å². The molecule has 0 unspecified atom stereocenters. The quantitative estimate of drug-likeness (QED) is 0.590. The lowest BCUT2D eigenvalue weighted by Gasteiger charge is -2.10. The van der Waals surface area contributed by atoms with Crippen LogP contribution >= 0.6 is 23.5 Å². The molecule has 18 heavy (non-hydrogen) atoms. The summed E-state index contributed by atoms with van der Waals surface area (Å²) in [6.45, 7) is 0. The predicted molar refractivity (Wildman–Crippen MR) is 79.0 cm³/mol. The maximum atomic E-state index is 12.3. The van der Waals surface area contributed by atoms with Crippen molar-refractivity contribution in [3.63, 3.8) is 0 Å². The molecule has 3 nitrogen and oxygen atoms in total. The Morgan fingerprint density at radius 3 is 2.00 bits per heavy atom. The molecule has 0 radical (unpaired) electrons. The highest BCUT2D eigenvalue weighted by Gasteiger charge is 2.16. The number of carbonyl (C=O) groups excluding carboxylic acids is 1. The normalized spacial score (nSPS) is 9.78. The number of rotatable bonds is 6. The first-order valence-corrected chi connectivity index (χ1v) is 7.67. The fourth-order valence-corrected chi connectivity index (χ4v) is 2.59. The van der Waals surface area contributed by atoms with Crippen LogP contribution in [0.15, 0.2) is 28.5 Å². The Labute approximate surface area is 116 Å². The molecule has 0 atom stereocenters.